The molecule has 2 heterocycles. The topological polar surface area (TPSA) is 92.3 Å². The summed E-state index contributed by atoms with van der Waals surface area (Å²) < 4.78 is 0. The number of benzene rings is 1. The number of aromatic nitrogens is 6. The van der Waals surface area contributed by atoms with E-state index in [9.17, 15) is 0 Å². The third kappa shape index (κ3) is 3.80. The molecule has 0 fully saturated rings. The number of aromatic amines is 1. The van der Waals surface area contributed by atoms with E-state index in [1.54, 1.807) is 6.33 Å². The van der Waals surface area contributed by atoms with E-state index in [2.05, 4.69) is 56.7 Å². The van der Waals surface area contributed by atoms with E-state index in [-0.39, 0.29) is 11.5 Å². The molecule has 0 unspecified atom stereocenters. The van der Waals surface area contributed by atoms with Crippen molar-refractivity contribution in [1.29, 1.82) is 0 Å². The second-order valence-electron chi connectivity index (χ2n) is 6.81. The van der Waals surface area contributed by atoms with Gasteiger partial charge < -0.3 is 5.32 Å². The van der Waals surface area contributed by atoms with E-state index in [4.69, 9.17) is 0 Å². The van der Waals surface area contributed by atoms with E-state index in [1.807, 2.05) is 24.3 Å². The molecule has 0 aliphatic heterocycles. The van der Waals surface area contributed by atoms with Gasteiger partial charge in [-0.2, -0.15) is 5.21 Å². The van der Waals surface area contributed by atoms with Crippen molar-refractivity contribution < 1.29 is 0 Å². The zero-order chi connectivity index (χ0) is 16.3. The van der Waals surface area contributed by atoms with Gasteiger partial charge in [-0.1, -0.05) is 38.1 Å². The number of tetrazole rings is 1. The summed E-state index contributed by atoms with van der Waals surface area (Å²) in [5.74, 6) is 1.44. The molecule has 0 spiro atoms. The number of nitrogens with one attached hydrogen (secondary N) is 2. The average Bonchev–Trinajstić information content (AvgIpc) is 3.05. The normalized spacial score (nSPS) is 13.2. The molecule has 7 nitrogen and oxygen atoms in total. The Morgan fingerprint density at radius 2 is 2.00 bits per heavy atom. The first-order valence-corrected chi connectivity index (χ1v) is 7.72. The molecular formula is C16H21N7. The number of para-hydroxylation sites is 1. The molecule has 120 valence electrons. The lowest BCUT2D eigenvalue weighted by molar-refractivity contribution is 0.352. The fourth-order valence-corrected chi connectivity index (χ4v) is 2.45. The van der Waals surface area contributed by atoms with Gasteiger partial charge in [0.15, 0.2) is 5.82 Å². The lowest BCUT2D eigenvalue weighted by Gasteiger charge is -2.22. The molecule has 1 aromatic carbocycles. The first kappa shape index (κ1) is 15.3. The standard InChI is InChI=1S/C16H21N7/c1-16(2,3)9-8-13(15-20-22-23-21-15)19-14-11-6-4-5-7-12(11)17-10-18-14/h4-7,10,13H,8-9H2,1-3H3,(H,17,18,19)(H,20,21,22,23)/t13-/m1/s1. The van der Waals surface area contributed by atoms with E-state index in [1.165, 1.54) is 0 Å². The number of rotatable bonds is 5. The molecule has 0 saturated carbocycles. The summed E-state index contributed by atoms with van der Waals surface area (Å²) in [5, 5.41) is 18.9. The highest BCUT2D eigenvalue weighted by molar-refractivity contribution is 5.88. The maximum absolute atomic E-state index is 4.39. The van der Waals surface area contributed by atoms with Crippen LogP contribution in [0.3, 0.4) is 0 Å². The van der Waals surface area contributed by atoms with E-state index < -0.39 is 0 Å². The highest BCUT2D eigenvalue weighted by Gasteiger charge is 2.21. The number of hydrogen-bond acceptors (Lipinski definition) is 6. The fourth-order valence-electron chi connectivity index (χ4n) is 2.45. The van der Waals surface area contributed by atoms with E-state index in [0.29, 0.717) is 5.82 Å². The molecule has 2 N–H and O–H groups in total. The molecule has 0 aliphatic carbocycles. The van der Waals surface area contributed by atoms with Crippen LogP contribution in [0.15, 0.2) is 30.6 Å². The lowest BCUT2D eigenvalue weighted by Crippen LogP contribution is -2.17. The highest BCUT2D eigenvalue weighted by atomic mass is 15.5. The van der Waals surface area contributed by atoms with Gasteiger partial charge in [0, 0.05) is 5.39 Å². The monoisotopic (exact) mass is 311 g/mol. The van der Waals surface area contributed by atoms with Crippen molar-refractivity contribution in [2.75, 3.05) is 5.32 Å². The van der Waals surface area contributed by atoms with Crippen molar-refractivity contribution in [3.8, 4) is 0 Å². The second kappa shape index (κ2) is 6.28. The molecule has 0 amide bonds. The van der Waals surface area contributed by atoms with Gasteiger partial charge in [0.1, 0.15) is 12.1 Å². The predicted molar refractivity (Wildman–Crippen MR) is 88.8 cm³/mol. The second-order valence-corrected chi connectivity index (χ2v) is 6.81. The summed E-state index contributed by atoms with van der Waals surface area (Å²) >= 11 is 0. The number of anilines is 1. The Kier molecular flexibility index (Phi) is 4.18. The van der Waals surface area contributed by atoms with Crippen molar-refractivity contribution in [2.24, 2.45) is 5.41 Å². The molecule has 3 rings (SSSR count). The molecule has 3 aromatic rings. The van der Waals surface area contributed by atoms with Gasteiger partial charge in [-0.3, -0.25) is 0 Å². The highest BCUT2D eigenvalue weighted by Crippen LogP contribution is 2.29. The van der Waals surface area contributed by atoms with Crippen molar-refractivity contribution in [3.05, 3.63) is 36.4 Å². The molecule has 0 aliphatic rings. The van der Waals surface area contributed by atoms with Gasteiger partial charge in [-0.25, -0.2) is 9.97 Å². The summed E-state index contributed by atoms with van der Waals surface area (Å²) in [5.41, 5.74) is 1.14. The Morgan fingerprint density at radius 1 is 1.17 bits per heavy atom. The van der Waals surface area contributed by atoms with Gasteiger partial charge >= 0.3 is 0 Å². The van der Waals surface area contributed by atoms with Crippen molar-refractivity contribution in [1.82, 2.24) is 30.6 Å². The molecular weight excluding hydrogens is 290 g/mol. The number of hydrogen-bond donors (Lipinski definition) is 2. The molecule has 0 radical (unpaired) electrons. The van der Waals surface area contributed by atoms with Crippen molar-refractivity contribution >= 4 is 16.7 Å². The van der Waals surface area contributed by atoms with E-state index >= 15 is 0 Å². The molecule has 2 aromatic heterocycles. The zero-order valence-electron chi connectivity index (χ0n) is 13.6. The average molecular weight is 311 g/mol. The van der Waals surface area contributed by atoms with Crippen LogP contribution in [-0.4, -0.2) is 30.6 Å². The van der Waals surface area contributed by atoms with Crippen molar-refractivity contribution in [2.45, 2.75) is 39.7 Å². The van der Waals surface area contributed by atoms with Crippen LogP contribution in [0.25, 0.3) is 10.9 Å². The molecule has 0 bridgehead atoms. The summed E-state index contributed by atoms with van der Waals surface area (Å²) in [6.07, 6.45) is 3.49. The first-order chi connectivity index (χ1) is 11.0. The minimum Gasteiger partial charge on any atom is -0.359 e. The minimum atomic E-state index is -0.0497. The summed E-state index contributed by atoms with van der Waals surface area (Å²) in [4.78, 5) is 8.69. The largest absolute Gasteiger partial charge is 0.359 e. The van der Waals surface area contributed by atoms with Crippen LogP contribution in [0.1, 0.15) is 45.5 Å². The summed E-state index contributed by atoms with van der Waals surface area (Å²) in [6.45, 7) is 6.67. The van der Waals surface area contributed by atoms with Crippen LogP contribution in [0.5, 0.6) is 0 Å². The van der Waals surface area contributed by atoms with Crippen molar-refractivity contribution in [3.63, 3.8) is 0 Å². The van der Waals surface area contributed by atoms with Crippen LogP contribution in [0.2, 0.25) is 0 Å². The Hall–Kier alpha value is -2.57. The third-order valence-electron chi connectivity index (χ3n) is 3.71. The van der Waals surface area contributed by atoms with E-state index in [0.717, 1.165) is 29.6 Å². The van der Waals surface area contributed by atoms with Gasteiger partial charge in [0.05, 0.1) is 11.6 Å². The quantitative estimate of drug-likeness (QED) is 0.752. The van der Waals surface area contributed by atoms with Crippen LogP contribution in [-0.2, 0) is 0 Å². The minimum absolute atomic E-state index is 0.0497. The number of fused-ring (bicyclic) bond motifs is 1. The number of nitrogens with zero attached hydrogens (tertiary/aromatic N) is 5. The maximum atomic E-state index is 4.39. The van der Waals surface area contributed by atoms with Gasteiger partial charge in [-0.05, 0) is 30.4 Å². The van der Waals surface area contributed by atoms with Gasteiger partial charge in [0.2, 0.25) is 0 Å². The Morgan fingerprint density at radius 3 is 2.74 bits per heavy atom. The zero-order valence-corrected chi connectivity index (χ0v) is 13.6. The molecule has 0 saturated heterocycles. The third-order valence-corrected chi connectivity index (χ3v) is 3.71. The molecule has 23 heavy (non-hydrogen) atoms. The Labute approximate surface area is 134 Å². The summed E-state index contributed by atoms with van der Waals surface area (Å²) in [6, 6.07) is 7.88. The smallest absolute Gasteiger partial charge is 0.196 e. The Bertz CT molecular complexity index is 756. The van der Waals surface area contributed by atoms with Gasteiger partial charge in [-0.15, -0.1) is 10.2 Å². The summed E-state index contributed by atoms with van der Waals surface area (Å²) in [7, 11) is 0. The maximum Gasteiger partial charge on any atom is 0.196 e. The van der Waals surface area contributed by atoms with Crippen LogP contribution in [0.4, 0.5) is 5.82 Å². The Balaban J connectivity index is 1.88. The predicted octanol–water partition coefficient (Wildman–Crippen LogP) is 3.12. The fraction of sp³-hybridized carbons (Fsp3) is 0.438. The van der Waals surface area contributed by atoms with Crippen LogP contribution >= 0.6 is 0 Å². The lowest BCUT2D eigenvalue weighted by atomic mass is 9.88. The first-order valence-electron chi connectivity index (χ1n) is 7.72. The molecule has 1 atom stereocenters. The van der Waals surface area contributed by atoms with Gasteiger partial charge in [0.25, 0.3) is 0 Å². The molecule has 7 heteroatoms. The number of H-pyrrole nitrogens is 1. The van der Waals surface area contributed by atoms with Crippen LogP contribution in [0, 0.1) is 5.41 Å². The van der Waals surface area contributed by atoms with Crippen LogP contribution < -0.4 is 5.32 Å². The SMILES string of the molecule is CC(C)(C)CC[C@@H](Nc1ncnc2ccccc12)c1nn[nH]n1.